The first-order valence-electron chi connectivity index (χ1n) is 9.14. The van der Waals surface area contributed by atoms with Crippen LogP contribution in [0.4, 0.5) is 19.3 Å². The van der Waals surface area contributed by atoms with Crippen molar-refractivity contribution in [2.75, 3.05) is 29.5 Å². The summed E-state index contributed by atoms with van der Waals surface area (Å²) in [7, 11) is -3.10. The van der Waals surface area contributed by atoms with Crippen LogP contribution in [-0.4, -0.2) is 51.1 Å². The van der Waals surface area contributed by atoms with Gasteiger partial charge in [0.25, 0.3) is 0 Å². The van der Waals surface area contributed by atoms with Crippen LogP contribution in [0.5, 0.6) is 0 Å². The number of halogens is 2. The summed E-state index contributed by atoms with van der Waals surface area (Å²) < 4.78 is 57.6. The van der Waals surface area contributed by atoms with Gasteiger partial charge in [0.2, 0.25) is 5.91 Å². The molecular formula is C18H20F2N2O5S. The highest BCUT2D eigenvalue weighted by Crippen LogP contribution is 2.60. The molecule has 2 heterocycles. The molecule has 2 saturated heterocycles. The van der Waals surface area contributed by atoms with Crippen molar-refractivity contribution in [2.24, 2.45) is 11.8 Å². The van der Waals surface area contributed by atoms with Crippen molar-refractivity contribution in [3.8, 4) is 0 Å². The molecule has 1 aromatic rings. The van der Waals surface area contributed by atoms with Crippen LogP contribution < -0.4 is 10.2 Å². The van der Waals surface area contributed by atoms with Crippen LogP contribution in [0, 0.1) is 23.5 Å². The molecular weight excluding hydrogens is 394 g/mol. The van der Waals surface area contributed by atoms with Gasteiger partial charge in [-0.1, -0.05) is 6.92 Å². The number of hydrogen-bond acceptors (Lipinski definition) is 5. The van der Waals surface area contributed by atoms with E-state index >= 15 is 0 Å². The number of anilines is 1. The van der Waals surface area contributed by atoms with Crippen LogP contribution in [0.3, 0.4) is 0 Å². The van der Waals surface area contributed by atoms with E-state index in [0.717, 1.165) is 17.0 Å². The Labute approximate surface area is 160 Å². The van der Waals surface area contributed by atoms with Gasteiger partial charge in [0, 0.05) is 12.0 Å². The first-order chi connectivity index (χ1) is 13.2. The van der Waals surface area contributed by atoms with Crippen molar-refractivity contribution in [3.63, 3.8) is 0 Å². The molecule has 2 aliphatic heterocycles. The average Bonchev–Trinajstić information content (AvgIpc) is 2.96. The lowest BCUT2D eigenvalue weighted by Gasteiger charge is -2.16. The van der Waals surface area contributed by atoms with E-state index in [9.17, 15) is 26.8 Å². The topological polar surface area (TPSA) is 92.8 Å². The van der Waals surface area contributed by atoms with Crippen LogP contribution in [0.15, 0.2) is 12.1 Å². The molecule has 4 atom stereocenters. The van der Waals surface area contributed by atoms with E-state index in [4.69, 9.17) is 4.74 Å². The first-order valence-corrected chi connectivity index (χ1v) is 11.0. The number of carbonyl (C=O) groups is 2. The second-order valence-corrected chi connectivity index (χ2v) is 9.68. The molecule has 1 aromatic carbocycles. The number of nitrogens with zero attached hydrogens (tertiary/aromatic N) is 1. The zero-order valence-corrected chi connectivity index (χ0v) is 16.0. The van der Waals surface area contributed by atoms with Gasteiger partial charge < -0.3 is 10.1 Å². The molecule has 28 heavy (non-hydrogen) atoms. The third-order valence-electron chi connectivity index (χ3n) is 5.66. The SMILES string of the molecule is CCC(=O)NC[C@H]1CN(c2cc(F)c(C3[C@H]4CS(=O)(=O)C[C@@H]34)c(F)c2)C(=O)O1. The summed E-state index contributed by atoms with van der Waals surface area (Å²) >= 11 is 0. The van der Waals surface area contributed by atoms with E-state index in [2.05, 4.69) is 5.32 Å². The molecule has 1 unspecified atom stereocenters. The Morgan fingerprint density at radius 2 is 1.86 bits per heavy atom. The highest BCUT2D eigenvalue weighted by atomic mass is 32.2. The first kappa shape index (κ1) is 19.1. The lowest BCUT2D eigenvalue weighted by Crippen LogP contribution is -2.34. The average molecular weight is 414 g/mol. The fourth-order valence-electron chi connectivity index (χ4n) is 4.22. The number of fused-ring (bicyclic) bond motifs is 1. The van der Waals surface area contributed by atoms with Crippen molar-refractivity contribution >= 4 is 27.5 Å². The Hall–Kier alpha value is -2.23. The summed E-state index contributed by atoms with van der Waals surface area (Å²) in [6.45, 7) is 1.88. The molecule has 10 heteroatoms. The van der Waals surface area contributed by atoms with Crippen molar-refractivity contribution in [1.82, 2.24) is 5.32 Å². The number of carbonyl (C=O) groups excluding carboxylic acids is 2. The van der Waals surface area contributed by atoms with Gasteiger partial charge in [-0.05, 0) is 29.9 Å². The largest absolute Gasteiger partial charge is 0.442 e. The minimum Gasteiger partial charge on any atom is -0.442 e. The summed E-state index contributed by atoms with van der Waals surface area (Å²) in [4.78, 5) is 24.5. The molecule has 0 bridgehead atoms. The summed E-state index contributed by atoms with van der Waals surface area (Å²) in [5, 5.41) is 2.61. The van der Waals surface area contributed by atoms with Crippen LogP contribution in [0.25, 0.3) is 0 Å². The van der Waals surface area contributed by atoms with Crippen molar-refractivity contribution in [1.29, 1.82) is 0 Å². The summed E-state index contributed by atoms with van der Waals surface area (Å²) in [5.74, 6) is -2.73. The lowest BCUT2D eigenvalue weighted by molar-refractivity contribution is -0.121. The fourth-order valence-corrected chi connectivity index (χ4v) is 6.44. The number of amides is 2. The lowest BCUT2D eigenvalue weighted by atomic mass is 10.1. The van der Waals surface area contributed by atoms with Crippen LogP contribution >= 0.6 is 0 Å². The molecule has 1 N–H and O–H groups in total. The monoisotopic (exact) mass is 414 g/mol. The fraction of sp³-hybridized carbons (Fsp3) is 0.556. The molecule has 1 aliphatic carbocycles. The molecule has 152 valence electrons. The highest BCUT2D eigenvalue weighted by Gasteiger charge is 2.60. The van der Waals surface area contributed by atoms with Gasteiger partial charge in [0.05, 0.1) is 30.3 Å². The third-order valence-corrected chi connectivity index (χ3v) is 7.44. The standard InChI is InChI=1S/C18H20F2N2O5S/c1-2-15(23)21-5-10-6-22(18(24)27-10)9-3-13(19)17(14(20)4-9)16-11-7-28(25,26)8-12(11)16/h3-4,10-12,16H,2,5-8H2,1H3,(H,21,23)/t10-,11-,12+,16?/m0/s1. The van der Waals surface area contributed by atoms with Gasteiger partial charge in [-0.25, -0.2) is 22.0 Å². The molecule has 3 aliphatic rings. The maximum atomic E-state index is 14.7. The normalized spacial score (nSPS) is 30.1. The Kier molecular flexibility index (Phi) is 4.56. The maximum absolute atomic E-state index is 14.7. The summed E-state index contributed by atoms with van der Waals surface area (Å²) in [5.41, 5.74) is -0.0699. The second-order valence-electron chi connectivity index (χ2n) is 7.53. The summed E-state index contributed by atoms with van der Waals surface area (Å²) in [6, 6.07) is 2.16. The minimum atomic E-state index is -3.10. The Morgan fingerprint density at radius 1 is 1.25 bits per heavy atom. The maximum Gasteiger partial charge on any atom is 0.414 e. The summed E-state index contributed by atoms with van der Waals surface area (Å²) in [6.07, 6.45) is -1.05. The van der Waals surface area contributed by atoms with Gasteiger partial charge in [-0.3, -0.25) is 9.69 Å². The molecule has 4 rings (SSSR count). The van der Waals surface area contributed by atoms with E-state index in [1.807, 2.05) is 0 Å². The van der Waals surface area contributed by atoms with E-state index in [1.165, 1.54) is 0 Å². The zero-order valence-electron chi connectivity index (χ0n) is 15.2. The van der Waals surface area contributed by atoms with Crippen molar-refractivity contribution in [2.45, 2.75) is 25.4 Å². The number of nitrogens with one attached hydrogen (secondary N) is 1. The van der Waals surface area contributed by atoms with Crippen molar-refractivity contribution < 1.29 is 31.5 Å². The molecule has 0 radical (unpaired) electrons. The van der Waals surface area contributed by atoms with Crippen LogP contribution in [-0.2, 0) is 19.4 Å². The number of benzene rings is 1. The molecule has 0 spiro atoms. The number of hydrogen-bond donors (Lipinski definition) is 1. The third kappa shape index (κ3) is 3.34. The Morgan fingerprint density at radius 3 is 2.43 bits per heavy atom. The predicted octanol–water partition coefficient (Wildman–Crippen LogP) is 1.57. The number of ether oxygens (including phenoxy) is 1. The van der Waals surface area contributed by atoms with Crippen LogP contribution in [0.2, 0.25) is 0 Å². The van der Waals surface area contributed by atoms with E-state index in [-0.39, 0.29) is 53.6 Å². The second kappa shape index (κ2) is 6.68. The van der Waals surface area contributed by atoms with Gasteiger partial charge in [0.15, 0.2) is 9.84 Å². The smallest absolute Gasteiger partial charge is 0.414 e. The van der Waals surface area contributed by atoms with E-state index in [0.29, 0.717) is 6.42 Å². The van der Waals surface area contributed by atoms with Crippen molar-refractivity contribution in [3.05, 3.63) is 29.3 Å². The quantitative estimate of drug-likeness (QED) is 0.790. The molecule has 2 amide bonds. The van der Waals surface area contributed by atoms with Gasteiger partial charge in [0.1, 0.15) is 17.7 Å². The highest BCUT2D eigenvalue weighted by molar-refractivity contribution is 7.91. The molecule has 7 nitrogen and oxygen atoms in total. The Balaban J connectivity index is 1.48. The molecule has 0 aromatic heterocycles. The Bertz CT molecular complexity index is 910. The number of cyclic esters (lactones) is 1. The number of sulfone groups is 1. The predicted molar refractivity (Wildman–Crippen MR) is 95.6 cm³/mol. The molecule has 3 fully saturated rings. The zero-order chi connectivity index (χ0) is 20.2. The van der Waals surface area contributed by atoms with Gasteiger partial charge in [-0.15, -0.1) is 0 Å². The molecule has 1 saturated carbocycles. The van der Waals surface area contributed by atoms with E-state index < -0.39 is 39.6 Å². The minimum absolute atomic E-state index is 0.0338. The van der Waals surface area contributed by atoms with Crippen LogP contribution in [0.1, 0.15) is 24.8 Å². The van der Waals surface area contributed by atoms with Gasteiger partial charge >= 0.3 is 6.09 Å². The van der Waals surface area contributed by atoms with E-state index in [1.54, 1.807) is 6.92 Å². The van der Waals surface area contributed by atoms with Gasteiger partial charge in [-0.2, -0.15) is 0 Å². The number of rotatable bonds is 5.